The minimum Gasteiger partial charge on any atom is -0.271 e. The number of hydrogen-bond donors (Lipinski definition) is 1. The monoisotopic (exact) mass is 227 g/mol. The number of rotatable bonds is 2. The first-order valence-electron chi connectivity index (χ1n) is 3.06. The van der Waals surface area contributed by atoms with Gasteiger partial charge in [-0.15, -0.1) is 0 Å². The molecule has 0 saturated heterocycles. The molecule has 0 bridgehead atoms. The zero-order valence-electron chi connectivity index (χ0n) is 6.09. The molecule has 0 aliphatic carbocycles. The van der Waals surface area contributed by atoms with Gasteiger partial charge in [-0.05, 0) is 12.1 Å². The Kier molecular flexibility index (Phi) is 2.72. The molecule has 0 aromatic heterocycles. The van der Waals surface area contributed by atoms with Crippen molar-refractivity contribution in [2.24, 2.45) is 0 Å². The third-order valence-corrected chi connectivity index (χ3v) is 1.87. The van der Waals surface area contributed by atoms with Crippen LogP contribution in [0.4, 0.5) is 14.5 Å². The normalized spacial score (nSPS) is 11.3. The summed E-state index contributed by atoms with van der Waals surface area (Å²) >= 11 is 0. The van der Waals surface area contributed by atoms with Gasteiger partial charge >= 0.3 is 9.24 Å². The Balaban J connectivity index is 2.99. The molecular weight excluding hydrogens is 224 g/mol. The number of anilines is 1. The Hall–Kier alpha value is -0.880. The summed E-state index contributed by atoms with van der Waals surface area (Å²) in [6.45, 7) is 0. The fourth-order valence-electron chi connectivity index (χ4n) is 0.700. The van der Waals surface area contributed by atoms with Gasteiger partial charge in [0, 0.05) is 16.7 Å². The van der Waals surface area contributed by atoms with E-state index in [0.717, 1.165) is 12.1 Å². The molecule has 13 heavy (non-hydrogen) atoms. The van der Waals surface area contributed by atoms with Gasteiger partial charge in [-0.25, -0.2) is 8.78 Å². The minimum absolute atomic E-state index is 0.131. The van der Waals surface area contributed by atoms with Crippen molar-refractivity contribution in [3.63, 3.8) is 0 Å². The molecule has 0 fully saturated rings. The minimum atomic E-state index is -3.97. The van der Waals surface area contributed by atoms with Gasteiger partial charge in [-0.3, -0.25) is 4.72 Å². The number of nitrogens with one attached hydrogen (secondary N) is 1. The van der Waals surface area contributed by atoms with Crippen molar-refractivity contribution in [2.45, 2.75) is 0 Å². The van der Waals surface area contributed by atoms with E-state index < -0.39 is 20.9 Å². The van der Waals surface area contributed by atoms with E-state index in [2.05, 4.69) is 0 Å². The maximum Gasteiger partial charge on any atom is 0.319 e. The second kappa shape index (κ2) is 3.47. The summed E-state index contributed by atoms with van der Waals surface area (Å²) in [5.74, 6) is -2.21. The summed E-state index contributed by atoms with van der Waals surface area (Å²) in [5, 5.41) is 0. The SMILES string of the molecule is O=S(=O)(Cl)Nc1ccc(F)c(F)c1. The number of halogens is 3. The highest BCUT2D eigenvalue weighted by Gasteiger charge is 2.07. The van der Waals surface area contributed by atoms with Gasteiger partial charge in [0.15, 0.2) is 11.6 Å². The highest BCUT2D eigenvalue weighted by Crippen LogP contribution is 2.15. The van der Waals surface area contributed by atoms with Gasteiger partial charge in [-0.1, -0.05) is 0 Å². The lowest BCUT2D eigenvalue weighted by atomic mass is 10.3. The molecule has 1 aromatic carbocycles. The fourth-order valence-corrected chi connectivity index (χ4v) is 1.38. The molecule has 0 spiro atoms. The van der Waals surface area contributed by atoms with Crippen LogP contribution in [-0.4, -0.2) is 8.42 Å². The molecule has 1 aromatic rings. The number of hydrogen-bond acceptors (Lipinski definition) is 2. The molecule has 0 saturated carbocycles. The molecular formula is C6H4ClF2NO2S. The molecule has 0 heterocycles. The molecule has 7 heteroatoms. The highest BCUT2D eigenvalue weighted by atomic mass is 35.7. The van der Waals surface area contributed by atoms with Crippen molar-refractivity contribution in [1.29, 1.82) is 0 Å². The van der Waals surface area contributed by atoms with Crippen LogP contribution in [0.3, 0.4) is 0 Å². The van der Waals surface area contributed by atoms with E-state index in [-0.39, 0.29) is 5.69 Å². The molecule has 0 atom stereocenters. The molecule has 0 amide bonds. The van der Waals surface area contributed by atoms with Crippen molar-refractivity contribution in [1.82, 2.24) is 0 Å². The Labute approximate surface area is 77.9 Å². The lowest BCUT2D eigenvalue weighted by Crippen LogP contribution is -2.04. The molecule has 0 radical (unpaired) electrons. The Morgan fingerprint density at radius 3 is 2.31 bits per heavy atom. The smallest absolute Gasteiger partial charge is 0.271 e. The van der Waals surface area contributed by atoms with E-state index in [1.54, 1.807) is 4.72 Å². The van der Waals surface area contributed by atoms with Gasteiger partial charge in [0.05, 0.1) is 5.69 Å². The van der Waals surface area contributed by atoms with Gasteiger partial charge in [-0.2, -0.15) is 8.42 Å². The highest BCUT2D eigenvalue weighted by molar-refractivity contribution is 8.14. The molecule has 0 aliphatic rings. The van der Waals surface area contributed by atoms with Crippen LogP contribution in [0.5, 0.6) is 0 Å². The predicted octanol–water partition coefficient (Wildman–Crippen LogP) is 1.86. The van der Waals surface area contributed by atoms with Crippen LogP contribution in [0.1, 0.15) is 0 Å². The largest absolute Gasteiger partial charge is 0.319 e. The second-order valence-electron chi connectivity index (χ2n) is 2.17. The molecule has 72 valence electrons. The average molecular weight is 228 g/mol. The second-order valence-corrected chi connectivity index (χ2v) is 4.47. The van der Waals surface area contributed by atoms with Crippen LogP contribution >= 0.6 is 10.7 Å². The lowest BCUT2D eigenvalue weighted by Gasteiger charge is -2.01. The Morgan fingerprint density at radius 1 is 1.23 bits per heavy atom. The van der Waals surface area contributed by atoms with E-state index in [0.29, 0.717) is 6.07 Å². The zero-order valence-corrected chi connectivity index (χ0v) is 7.66. The average Bonchev–Trinajstić information content (AvgIpc) is 1.94. The van der Waals surface area contributed by atoms with Crippen LogP contribution in [0, 0.1) is 11.6 Å². The van der Waals surface area contributed by atoms with E-state index in [4.69, 9.17) is 10.7 Å². The van der Waals surface area contributed by atoms with Crippen molar-refractivity contribution in [3.8, 4) is 0 Å². The molecule has 0 aliphatic heterocycles. The third-order valence-electron chi connectivity index (χ3n) is 1.16. The van der Waals surface area contributed by atoms with Crippen LogP contribution in [0.15, 0.2) is 18.2 Å². The lowest BCUT2D eigenvalue weighted by molar-refractivity contribution is 0.509. The molecule has 0 unspecified atom stereocenters. The van der Waals surface area contributed by atoms with E-state index in [1.807, 2.05) is 0 Å². The number of benzene rings is 1. The van der Waals surface area contributed by atoms with Crippen molar-refractivity contribution in [2.75, 3.05) is 4.72 Å². The van der Waals surface area contributed by atoms with E-state index in [1.165, 1.54) is 0 Å². The third kappa shape index (κ3) is 3.16. The van der Waals surface area contributed by atoms with Crippen LogP contribution < -0.4 is 4.72 Å². The van der Waals surface area contributed by atoms with E-state index >= 15 is 0 Å². The molecule has 1 rings (SSSR count). The summed E-state index contributed by atoms with van der Waals surface area (Å²) < 4.78 is 47.5. The van der Waals surface area contributed by atoms with Gasteiger partial charge in [0.1, 0.15) is 0 Å². The van der Waals surface area contributed by atoms with Gasteiger partial charge in [0.25, 0.3) is 0 Å². The quantitative estimate of drug-likeness (QED) is 0.784. The first-order valence-corrected chi connectivity index (χ1v) is 5.37. The van der Waals surface area contributed by atoms with Crippen molar-refractivity contribution < 1.29 is 17.2 Å². The topological polar surface area (TPSA) is 46.2 Å². The van der Waals surface area contributed by atoms with Crippen molar-refractivity contribution >= 4 is 25.6 Å². The maximum absolute atomic E-state index is 12.5. The Bertz CT molecular complexity index is 421. The van der Waals surface area contributed by atoms with E-state index in [9.17, 15) is 17.2 Å². The van der Waals surface area contributed by atoms with Gasteiger partial charge < -0.3 is 0 Å². The standard InChI is InChI=1S/C6H4ClF2NO2S/c7-13(11,12)10-4-1-2-5(8)6(9)3-4/h1-3,10H. The molecule has 3 nitrogen and oxygen atoms in total. The maximum atomic E-state index is 12.5. The summed E-state index contributed by atoms with van der Waals surface area (Å²) in [4.78, 5) is 0. The summed E-state index contributed by atoms with van der Waals surface area (Å²) in [6, 6.07) is 2.54. The summed E-state index contributed by atoms with van der Waals surface area (Å²) in [7, 11) is 0.831. The first kappa shape index (κ1) is 10.2. The van der Waals surface area contributed by atoms with Crippen molar-refractivity contribution in [3.05, 3.63) is 29.8 Å². The summed E-state index contributed by atoms with van der Waals surface area (Å²) in [6.07, 6.45) is 0. The summed E-state index contributed by atoms with van der Waals surface area (Å²) in [5.41, 5.74) is -0.131. The zero-order chi connectivity index (χ0) is 10.1. The predicted molar refractivity (Wildman–Crippen MR) is 44.8 cm³/mol. The molecule has 1 N–H and O–H groups in total. The van der Waals surface area contributed by atoms with Gasteiger partial charge in [0.2, 0.25) is 0 Å². The fraction of sp³-hybridized carbons (Fsp3) is 0. The van der Waals surface area contributed by atoms with Crippen LogP contribution in [0.2, 0.25) is 0 Å². The first-order chi connectivity index (χ1) is 5.88. The Morgan fingerprint density at radius 2 is 1.85 bits per heavy atom. The van der Waals surface area contributed by atoms with Crippen LogP contribution in [-0.2, 0) is 9.24 Å². The van der Waals surface area contributed by atoms with Crippen LogP contribution in [0.25, 0.3) is 0 Å².